The predicted molar refractivity (Wildman–Crippen MR) is 79.3 cm³/mol. The first-order valence-electron chi connectivity index (χ1n) is 7.81. The van der Waals surface area contributed by atoms with Gasteiger partial charge >= 0.3 is 0 Å². The standard InChI is InChI=1S/C15H26N4O/c1-4-15(5-2,20-6-3)13-17-12(18-14(16)19-13)11-9-7-8-10-11/h11H,4-10H2,1-3H3,(H2,16,17,18,19). The fourth-order valence-corrected chi connectivity index (χ4v) is 3.09. The normalized spacial score (nSPS) is 16.8. The van der Waals surface area contributed by atoms with Gasteiger partial charge in [0, 0.05) is 12.5 Å². The first-order chi connectivity index (χ1) is 9.65. The van der Waals surface area contributed by atoms with Gasteiger partial charge in [-0.2, -0.15) is 9.97 Å². The fraction of sp³-hybridized carbons (Fsp3) is 0.800. The lowest BCUT2D eigenvalue weighted by Crippen LogP contribution is -2.32. The van der Waals surface area contributed by atoms with E-state index in [1.807, 2.05) is 6.92 Å². The monoisotopic (exact) mass is 278 g/mol. The zero-order chi connectivity index (χ0) is 14.6. The quantitative estimate of drug-likeness (QED) is 0.865. The molecule has 1 heterocycles. The van der Waals surface area contributed by atoms with E-state index >= 15 is 0 Å². The smallest absolute Gasteiger partial charge is 0.223 e. The highest BCUT2D eigenvalue weighted by molar-refractivity contribution is 5.20. The minimum Gasteiger partial charge on any atom is -0.368 e. The van der Waals surface area contributed by atoms with E-state index in [4.69, 9.17) is 15.5 Å². The molecule has 5 heteroatoms. The molecule has 0 saturated heterocycles. The average molecular weight is 278 g/mol. The second kappa shape index (κ2) is 6.48. The summed E-state index contributed by atoms with van der Waals surface area (Å²) in [7, 11) is 0. The molecule has 20 heavy (non-hydrogen) atoms. The first kappa shape index (κ1) is 15.2. The zero-order valence-electron chi connectivity index (χ0n) is 12.9. The Morgan fingerprint density at radius 1 is 1.10 bits per heavy atom. The zero-order valence-corrected chi connectivity index (χ0v) is 12.9. The van der Waals surface area contributed by atoms with Crippen LogP contribution in [0.2, 0.25) is 0 Å². The van der Waals surface area contributed by atoms with Crippen molar-refractivity contribution in [2.45, 2.75) is 70.8 Å². The summed E-state index contributed by atoms with van der Waals surface area (Å²) in [6.07, 6.45) is 6.49. The molecule has 0 amide bonds. The number of hydrogen-bond donors (Lipinski definition) is 1. The second-order valence-electron chi connectivity index (χ2n) is 5.49. The van der Waals surface area contributed by atoms with Crippen LogP contribution in [0.25, 0.3) is 0 Å². The van der Waals surface area contributed by atoms with Gasteiger partial charge in [0.1, 0.15) is 11.4 Å². The van der Waals surface area contributed by atoms with Crippen LogP contribution in [0.4, 0.5) is 5.95 Å². The van der Waals surface area contributed by atoms with E-state index in [9.17, 15) is 0 Å². The number of aromatic nitrogens is 3. The highest BCUT2D eigenvalue weighted by Crippen LogP contribution is 2.35. The van der Waals surface area contributed by atoms with E-state index < -0.39 is 5.60 Å². The molecule has 1 aromatic heterocycles. The molecular formula is C15H26N4O. The number of nitrogens with two attached hydrogens (primary N) is 1. The molecule has 1 aliphatic rings. The summed E-state index contributed by atoms with van der Waals surface area (Å²) in [4.78, 5) is 13.4. The Morgan fingerprint density at radius 3 is 2.30 bits per heavy atom. The Morgan fingerprint density at radius 2 is 1.75 bits per heavy atom. The van der Waals surface area contributed by atoms with Crippen LogP contribution in [0.3, 0.4) is 0 Å². The molecule has 5 nitrogen and oxygen atoms in total. The van der Waals surface area contributed by atoms with Gasteiger partial charge in [-0.05, 0) is 32.6 Å². The van der Waals surface area contributed by atoms with E-state index in [0.29, 0.717) is 24.3 Å². The maximum Gasteiger partial charge on any atom is 0.223 e. The minimum absolute atomic E-state index is 0.322. The van der Waals surface area contributed by atoms with Crippen molar-refractivity contribution < 1.29 is 4.74 Å². The van der Waals surface area contributed by atoms with Crippen LogP contribution < -0.4 is 5.73 Å². The molecule has 2 rings (SSSR count). The molecule has 1 fully saturated rings. The number of ether oxygens (including phenoxy) is 1. The van der Waals surface area contributed by atoms with Gasteiger partial charge in [-0.3, -0.25) is 0 Å². The highest BCUT2D eigenvalue weighted by Gasteiger charge is 2.34. The predicted octanol–water partition coefficient (Wildman–Crippen LogP) is 3.16. The summed E-state index contributed by atoms with van der Waals surface area (Å²) in [6.45, 7) is 6.86. The lowest BCUT2D eigenvalue weighted by Gasteiger charge is -2.30. The maximum absolute atomic E-state index is 5.98. The van der Waals surface area contributed by atoms with Gasteiger partial charge in [-0.15, -0.1) is 0 Å². The summed E-state index contributed by atoms with van der Waals surface area (Å²) >= 11 is 0. The van der Waals surface area contributed by atoms with Crippen molar-refractivity contribution in [1.82, 2.24) is 15.0 Å². The molecule has 0 aromatic carbocycles. The van der Waals surface area contributed by atoms with Crippen LogP contribution in [-0.2, 0) is 10.3 Å². The Labute approximate surface area is 121 Å². The highest BCUT2D eigenvalue weighted by atomic mass is 16.5. The Hall–Kier alpha value is -1.23. The van der Waals surface area contributed by atoms with E-state index in [1.54, 1.807) is 0 Å². The molecule has 1 aromatic rings. The van der Waals surface area contributed by atoms with Crippen molar-refractivity contribution in [1.29, 1.82) is 0 Å². The van der Waals surface area contributed by atoms with Crippen molar-refractivity contribution >= 4 is 5.95 Å². The fourth-order valence-electron chi connectivity index (χ4n) is 3.09. The molecule has 0 atom stereocenters. The first-order valence-corrected chi connectivity index (χ1v) is 7.81. The van der Waals surface area contributed by atoms with Gasteiger partial charge in [0.2, 0.25) is 5.95 Å². The van der Waals surface area contributed by atoms with Gasteiger partial charge in [-0.25, -0.2) is 4.98 Å². The summed E-state index contributed by atoms with van der Waals surface area (Å²) in [5.41, 5.74) is 5.48. The van der Waals surface area contributed by atoms with Gasteiger partial charge in [-0.1, -0.05) is 26.7 Å². The van der Waals surface area contributed by atoms with Gasteiger partial charge < -0.3 is 10.5 Å². The molecule has 1 aliphatic carbocycles. The molecule has 0 radical (unpaired) electrons. The van der Waals surface area contributed by atoms with E-state index in [2.05, 4.69) is 23.8 Å². The van der Waals surface area contributed by atoms with Crippen LogP contribution in [-0.4, -0.2) is 21.6 Å². The molecule has 0 spiro atoms. The third kappa shape index (κ3) is 2.92. The van der Waals surface area contributed by atoms with E-state index in [0.717, 1.165) is 31.5 Å². The van der Waals surface area contributed by atoms with Crippen molar-refractivity contribution in [2.75, 3.05) is 12.3 Å². The number of rotatable bonds is 6. The lowest BCUT2D eigenvalue weighted by atomic mass is 9.95. The van der Waals surface area contributed by atoms with Crippen LogP contribution >= 0.6 is 0 Å². The molecule has 0 bridgehead atoms. The topological polar surface area (TPSA) is 73.9 Å². The SMILES string of the molecule is CCOC(CC)(CC)c1nc(N)nc(C2CCCC2)n1. The Balaban J connectivity index is 2.38. The van der Waals surface area contributed by atoms with Crippen LogP contribution in [0, 0.1) is 0 Å². The number of hydrogen-bond acceptors (Lipinski definition) is 5. The van der Waals surface area contributed by atoms with Crippen molar-refractivity contribution in [3.05, 3.63) is 11.6 Å². The van der Waals surface area contributed by atoms with Crippen molar-refractivity contribution in [3.63, 3.8) is 0 Å². The van der Waals surface area contributed by atoms with Gasteiger partial charge in [0.05, 0.1) is 0 Å². The summed E-state index contributed by atoms with van der Waals surface area (Å²) in [5.74, 6) is 2.32. The van der Waals surface area contributed by atoms with Gasteiger partial charge in [0.15, 0.2) is 5.82 Å². The minimum atomic E-state index is -0.431. The molecule has 2 N–H and O–H groups in total. The molecular weight excluding hydrogens is 252 g/mol. The van der Waals surface area contributed by atoms with Crippen molar-refractivity contribution in [2.24, 2.45) is 0 Å². The second-order valence-corrected chi connectivity index (χ2v) is 5.49. The number of nitrogen functional groups attached to an aromatic ring is 1. The summed E-state index contributed by atoms with van der Waals surface area (Å²) < 4.78 is 5.98. The number of anilines is 1. The largest absolute Gasteiger partial charge is 0.368 e. The van der Waals surface area contributed by atoms with Crippen LogP contribution in [0.15, 0.2) is 0 Å². The van der Waals surface area contributed by atoms with E-state index in [1.165, 1.54) is 12.8 Å². The summed E-state index contributed by atoms with van der Waals surface area (Å²) in [6, 6.07) is 0. The molecule has 112 valence electrons. The Kier molecular flexibility index (Phi) is 4.91. The van der Waals surface area contributed by atoms with Crippen molar-refractivity contribution in [3.8, 4) is 0 Å². The third-order valence-corrected chi connectivity index (χ3v) is 4.36. The number of nitrogens with zero attached hydrogens (tertiary/aromatic N) is 3. The molecule has 0 aliphatic heterocycles. The van der Waals surface area contributed by atoms with Crippen LogP contribution in [0.1, 0.15) is 76.9 Å². The van der Waals surface area contributed by atoms with Crippen LogP contribution in [0.5, 0.6) is 0 Å². The molecule has 0 unspecified atom stereocenters. The van der Waals surface area contributed by atoms with Gasteiger partial charge in [0.25, 0.3) is 0 Å². The van der Waals surface area contributed by atoms with E-state index in [-0.39, 0.29) is 0 Å². The lowest BCUT2D eigenvalue weighted by molar-refractivity contribution is -0.0573. The maximum atomic E-state index is 5.98. The average Bonchev–Trinajstić information content (AvgIpc) is 2.98. The molecule has 1 saturated carbocycles. The summed E-state index contributed by atoms with van der Waals surface area (Å²) in [5, 5.41) is 0. The Bertz CT molecular complexity index is 439. The third-order valence-electron chi connectivity index (χ3n) is 4.36.